The maximum atomic E-state index is 11.8. The van der Waals surface area contributed by atoms with Gasteiger partial charge in [0.1, 0.15) is 0 Å². The van der Waals surface area contributed by atoms with Crippen LogP contribution in [-0.4, -0.2) is 34.7 Å². The van der Waals surface area contributed by atoms with Crippen molar-refractivity contribution in [3.05, 3.63) is 24.3 Å². The quantitative estimate of drug-likeness (QED) is 0.683. The molecule has 5 nitrogen and oxygen atoms in total. The Hall–Kier alpha value is -1.11. The van der Waals surface area contributed by atoms with Crippen LogP contribution in [0.4, 0.5) is 5.69 Å². The third-order valence-corrected chi connectivity index (χ3v) is 4.69. The molecule has 0 spiro atoms. The number of sulfonamides is 1. The number of hydrogen-bond donors (Lipinski definition) is 2. The lowest BCUT2D eigenvalue weighted by molar-refractivity contribution is 0.134. The minimum absolute atomic E-state index is 0.287. The monoisotopic (exact) mass is 298 g/mol. The van der Waals surface area contributed by atoms with E-state index in [4.69, 9.17) is 4.74 Å². The highest BCUT2D eigenvalue weighted by Gasteiger charge is 2.20. The molecule has 0 radical (unpaired) electrons. The number of nitrogens with one attached hydrogen (secondary N) is 2. The molecule has 1 saturated carbocycles. The van der Waals surface area contributed by atoms with E-state index in [0.29, 0.717) is 13.2 Å². The summed E-state index contributed by atoms with van der Waals surface area (Å²) in [7, 11) is -3.36. The summed E-state index contributed by atoms with van der Waals surface area (Å²) >= 11 is 0. The summed E-state index contributed by atoms with van der Waals surface area (Å²) in [6, 6.07) is 6.74. The molecule has 0 aliphatic heterocycles. The van der Waals surface area contributed by atoms with Gasteiger partial charge in [0.25, 0.3) is 0 Å². The van der Waals surface area contributed by atoms with Crippen molar-refractivity contribution in [1.29, 1.82) is 0 Å². The zero-order valence-corrected chi connectivity index (χ0v) is 12.6. The van der Waals surface area contributed by atoms with Crippen LogP contribution >= 0.6 is 0 Å². The van der Waals surface area contributed by atoms with Crippen LogP contribution in [0.2, 0.25) is 0 Å². The molecule has 0 heterocycles. The first kappa shape index (κ1) is 15.3. The van der Waals surface area contributed by atoms with Crippen molar-refractivity contribution in [3.63, 3.8) is 0 Å². The summed E-state index contributed by atoms with van der Waals surface area (Å²) in [5.74, 6) is 0.783. The van der Waals surface area contributed by atoms with Gasteiger partial charge in [0.15, 0.2) is 0 Å². The van der Waals surface area contributed by atoms with Gasteiger partial charge in [-0.15, -0.1) is 0 Å². The molecule has 2 rings (SSSR count). The van der Waals surface area contributed by atoms with Gasteiger partial charge in [-0.2, -0.15) is 0 Å². The van der Waals surface area contributed by atoms with Gasteiger partial charge in [0.05, 0.1) is 11.5 Å². The maximum Gasteiger partial charge on any atom is 0.240 e. The number of hydrogen-bond acceptors (Lipinski definition) is 4. The van der Waals surface area contributed by atoms with Gasteiger partial charge in [-0.3, -0.25) is 0 Å². The van der Waals surface area contributed by atoms with Crippen LogP contribution in [0.3, 0.4) is 0 Å². The van der Waals surface area contributed by atoms with Gasteiger partial charge in [-0.05, 0) is 43.0 Å². The summed E-state index contributed by atoms with van der Waals surface area (Å²) in [6.07, 6.45) is 2.60. The predicted octanol–water partition coefficient (Wildman–Crippen LogP) is 1.82. The molecule has 1 aromatic rings. The SMILES string of the molecule is CCNS(=O)(=O)c1ccc(NCCOCC2CC2)cc1. The topological polar surface area (TPSA) is 67.4 Å². The fourth-order valence-corrected chi connectivity index (χ4v) is 2.87. The van der Waals surface area contributed by atoms with E-state index in [2.05, 4.69) is 10.0 Å². The van der Waals surface area contributed by atoms with Crippen LogP contribution in [-0.2, 0) is 14.8 Å². The lowest BCUT2D eigenvalue weighted by Gasteiger charge is -2.08. The van der Waals surface area contributed by atoms with Gasteiger partial charge in [-0.1, -0.05) is 6.92 Å². The van der Waals surface area contributed by atoms with E-state index in [1.807, 2.05) is 0 Å². The molecule has 0 unspecified atom stereocenters. The number of rotatable bonds is 9. The van der Waals surface area contributed by atoms with Gasteiger partial charge in [-0.25, -0.2) is 13.1 Å². The second kappa shape index (κ2) is 7.06. The zero-order valence-electron chi connectivity index (χ0n) is 11.8. The third-order valence-electron chi connectivity index (χ3n) is 3.12. The minimum atomic E-state index is -3.36. The van der Waals surface area contributed by atoms with Crippen molar-refractivity contribution >= 4 is 15.7 Å². The molecule has 0 atom stereocenters. The predicted molar refractivity (Wildman–Crippen MR) is 79.3 cm³/mol. The van der Waals surface area contributed by atoms with Gasteiger partial charge in [0.2, 0.25) is 10.0 Å². The first-order chi connectivity index (χ1) is 9.62. The molecule has 1 aliphatic carbocycles. The van der Waals surface area contributed by atoms with Crippen LogP contribution in [0.5, 0.6) is 0 Å². The van der Waals surface area contributed by atoms with Gasteiger partial charge < -0.3 is 10.1 Å². The van der Waals surface area contributed by atoms with Gasteiger partial charge in [0, 0.05) is 25.4 Å². The van der Waals surface area contributed by atoms with Crippen molar-refractivity contribution < 1.29 is 13.2 Å². The Morgan fingerprint density at radius 1 is 1.25 bits per heavy atom. The van der Waals surface area contributed by atoms with Crippen LogP contribution in [0.25, 0.3) is 0 Å². The lowest BCUT2D eigenvalue weighted by atomic mass is 10.3. The van der Waals surface area contributed by atoms with Crippen LogP contribution in [0, 0.1) is 5.92 Å². The molecule has 0 amide bonds. The highest BCUT2D eigenvalue weighted by molar-refractivity contribution is 7.89. The first-order valence-electron chi connectivity index (χ1n) is 7.03. The summed E-state index contributed by atoms with van der Waals surface area (Å²) in [5, 5.41) is 3.21. The fraction of sp³-hybridized carbons (Fsp3) is 0.571. The number of anilines is 1. The van der Waals surface area contributed by atoms with E-state index in [1.165, 1.54) is 12.8 Å². The van der Waals surface area contributed by atoms with E-state index >= 15 is 0 Å². The highest BCUT2D eigenvalue weighted by atomic mass is 32.2. The Kier molecular flexibility index (Phi) is 5.39. The van der Waals surface area contributed by atoms with Gasteiger partial charge >= 0.3 is 0 Å². The molecule has 0 bridgehead atoms. The Labute approximate surface area is 120 Å². The Bertz CT molecular complexity index is 510. The molecule has 2 N–H and O–H groups in total. The van der Waals surface area contributed by atoms with Crippen molar-refractivity contribution in [1.82, 2.24) is 4.72 Å². The molecule has 20 heavy (non-hydrogen) atoms. The van der Waals surface area contributed by atoms with Crippen molar-refractivity contribution in [2.24, 2.45) is 5.92 Å². The van der Waals surface area contributed by atoms with E-state index in [0.717, 1.165) is 24.8 Å². The standard InChI is InChI=1S/C14H22N2O3S/c1-2-16-20(17,18)14-7-5-13(6-8-14)15-9-10-19-11-12-3-4-12/h5-8,12,15-16H,2-4,9-11H2,1H3. The summed E-state index contributed by atoms with van der Waals surface area (Å²) in [4.78, 5) is 0.287. The molecule has 1 fully saturated rings. The Balaban J connectivity index is 1.75. The summed E-state index contributed by atoms with van der Waals surface area (Å²) in [5.41, 5.74) is 0.899. The molecule has 0 saturated heterocycles. The number of ether oxygens (including phenoxy) is 1. The molecular weight excluding hydrogens is 276 g/mol. The fourth-order valence-electron chi connectivity index (χ4n) is 1.83. The van der Waals surface area contributed by atoms with E-state index in [9.17, 15) is 8.42 Å². The largest absolute Gasteiger partial charge is 0.383 e. The van der Waals surface area contributed by atoms with E-state index < -0.39 is 10.0 Å². The maximum absolute atomic E-state index is 11.8. The number of benzene rings is 1. The van der Waals surface area contributed by atoms with E-state index in [1.54, 1.807) is 31.2 Å². The summed E-state index contributed by atoms with van der Waals surface area (Å²) in [6.45, 7) is 4.41. The second-order valence-corrected chi connectivity index (χ2v) is 6.74. The van der Waals surface area contributed by atoms with Crippen molar-refractivity contribution in [3.8, 4) is 0 Å². The lowest BCUT2D eigenvalue weighted by Crippen LogP contribution is -2.23. The van der Waals surface area contributed by atoms with Crippen LogP contribution in [0.1, 0.15) is 19.8 Å². The molecule has 6 heteroatoms. The van der Waals surface area contributed by atoms with Crippen LogP contribution in [0.15, 0.2) is 29.2 Å². The average molecular weight is 298 g/mol. The molecule has 0 aromatic heterocycles. The molecule has 112 valence electrons. The molecule has 1 aliphatic rings. The summed E-state index contributed by atoms with van der Waals surface area (Å²) < 4.78 is 31.5. The zero-order chi connectivity index (χ0) is 14.4. The molecular formula is C14H22N2O3S. The Morgan fingerprint density at radius 3 is 2.55 bits per heavy atom. The van der Waals surface area contributed by atoms with Crippen molar-refractivity contribution in [2.75, 3.05) is 31.6 Å². The normalized spacial score (nSPS) is 15.2. The van der Waals surface area contributed by atoms with Crippen LogP contribution < -0.4 is 10.0 Å². The Morgan fingerprint density at radius 2 is 1.95 bits per heavy atom. The van der Waals surface area contributed by atoms with E-state index in [-0.39, 0.29) is 4.90 Å². The first-order valence-corrected chi connectivity index (χ1v) is 8.51. The second-order valence-electron chi connectivity index (χ2n) is 4.97. The minimum Gasteiger partial charge on any atom is -0.383 e. The average Bonchev–Trinajstić information content (AvgIpc) is 3.23. The third kappa shape index (κ3) is 4.77. The van der Waals surface area contributed by atoms with Crippen molar-refractivity contribution in [2.45, 2.75) is 24.7 Å². The highest BCUT2D eigenvalue weighted by Crippen LogP contribution is 2.28. The molecule has 1 aromatic carbocycles. The smallest absolute Gasteiger partial charge is 0.240 e.